The van der Waals surface area contributed by atoms with Gasteiger partial charge in [0.25, 0.3) is 0 Å². The Morgan fingerprint density at radius 3 is 2.27 bits per heavy atom. The minimum atomic E-state index is -0.911. The molecular formula is C11H14ClNO2. The molecule has 0 radical (unpaired) electrons. The highest BCUT2D eigenvalue weighted by Gasteiger charge is 2.52. The van der Waals surface area contributed by atoms with E-state index in [2.05, 4.69) is 0 Å². The van der Waals surface area contributed by atoms with Gasteiger partial charge in [0, 0.05) is 5.41 Å². The standard InChI is InChI=1S/C11H13NO2.ClH/c12-9(10(13)14)11(6-7-11)8-4-2-1-3-5-8;/h1-5,9H,6-7,12H2,(H,13,14);1H. The van der Waals surface area contributed by atoms with Gasteiger partial charge in [-0.2, -0.15) is 0 Å². The van der Waals surface area contributed by atoms with Crippen LogP contribution in [-0.2, 0) is 10.2 Å². The molecular weight excluding hydrogens is 214 g/mol. The average molecular weight is 228 g/mol. The molecule has 1 aromatic rings. The molecule has 4 heteroatoms. The van der Waals surface area contributed by atoms with Crippen molar-refractivity contribution < 1.29 is 9.90 Å². The Hall–Kier alpha value is -1.06. The molecule has 1 fully saturated rings. The average Bonchev–Trinajstić information content (AvgIpc) is 2.99. The van der Waals surface area contributed by atoms with Crippen LogP contribution < -0.4 is 5.73 Å². The highest BCUT2D eigenvalue weighted by atomic mass is 35.5. The maximum absolute atomic E-state index is 10.8. The number of hydrogen-bond donors (Lipinski definition) is 2. The Morgan fingerprint density at radius 1 is 1.33 bits per heavy atom. The third-order valence-electron chi connectivity index (χ3n) is 3.00. The van der Waals surface area contributed by atoms with E-state index in [1.165, 1.54) is 0 Å². The number of benzene rings is 1. The topological polar surface area (TPSA) is 63.3 Å². The van der Waals surface area contributed by atoms with Gasteiger partial charge in [-0.3, -0.25) is 4.79 Å². The van der Waals surface area contributed by atoms with Crippen molar-refractivity contribution in [3.05, 3.63) is 35.9 Å². The van der Waals surface area contributed by atoms with E-state index in [1.54, 1.807) is 0 Å². The summed E-state index contributed by atoms with van der Waals surface area (Å²) in [5.41, 5.74) is 6.44. The third kappa shape index (κ3) is 1.98. The normalized spacial score (nSPS) is 18.7. The van der Waals surface area contributed by atoms with Gasteiger partial charge in [0.1, 0.15) is 6.04 Å². The maximum Gasteiger partial charge on any atom is 0.321 e. The summed E-state index contributed by atoms with van der Waals surface area (Å²) in [7, 11) is 0. The van der Waals surface area contributed by atoms with E-state index in [9.17, 15) is 4.79 Å². The molecule has 0 aliphatic heterocycles. The Morgan fingerprint density at radius 2 is 1.87 bits per heavy atom. The number of halogens is 1. The minimum absolute atomic E-state index is 0. The first-order valence-corrected chi connectivity index (χ1v) is 4.71. The first kappa shape index (κ1) is 12.0. The van der Waals surface area contributed by atoms with Gasteiger partial charge in [-0.15, -0.1) is 12.4 Å². The monoisotopic (exact) mass is 227 g/mol. The lowest BCUT2D eigenvalue weighted by Gasteiger charge is -2.19. The summed E-state index contributed by atoms with van der Waals surface area (Å²) in [5.74, 6) is -0.911. The van der Waals surface area contributed by atoms with Crippen molar-refractivity contribution in [2.75, 3.05) is 0 Å². The second-order valence-corrected chi connectivity index (χ2v) is 3.84. The fourth-order valence-corrected chi connectivity index (χ4v) is 1.92. The zero-order valence-electron chi connectivity index (χ0n) is 8.22. The van der Waals surface area contributed by atoms with Crippen molar-refractivity contribution in [3.8, 4) is 0 Å². The number of nitrogens with two attached hydrogens (primary N) is 1. The summed E-state index contributed by atoms with van der Waals surface area (Å²) in [6.45, 7) is 0. The second-order valence-electron chi connectivity index (χ2n) is 3.84. The highest BCUT2D eigenvalue weighted by molar-refractivity contribution is 5.85. The Labute approximate surface area is 94.7 Å². The number of rotatable bonds is 3. The predicted octanol–water partition coefficient (Wildman–Crippen LogP) is 1.55. The van der Waals surface area contributed by atoms with Gasteiger partial charge in [0.2, 0.25) is 0 Å². The Kier molecular flexibility index (Phi) is 3.37. The van der Waals surface area contributed by atoms with Gasteiger partial charge < -0.3 is 10.8 Å². The third-order valence-corrected chi connectivity index (χ3v) is 3.00. The first-order valence-electron chi connectivity index (χ1n) is 4.71. The molecule has 2 rings (SSSR count). The number of carbonyl (C=O) groups is 1. The van der Waals surface area contributed by atoms with E-state index in [4.69, 9.17) is 10.8 Å². The summed E-state index contributed by atoms with van der Waals surface area (Å²) < 4.78 is 0. The summed E-state index contributed by atoms with van der Waals surface area (Å²) >= 11 is 0. The van der Waals surface area contributed by atoms with Crippen LogP contribution in [0.4, 0.5) is 0 Å². The SMILES string of the molecule is Cl.NC(C(=O)O)C1(c2ccccc2)CC1. The number of hydrogen-bond acceptors (Lipinski definition) is 2. The summed E-state index contributed by atoms with van der Waals surface area (Å²) in [5, 5.41) is 8.89. The molecule has 1 aromatic carbocycles. The first-order chi connectivity index (χ1) is 6.67. The van der Waals surface area contributed by atoms with Gasteiger partial charge >= 0.3 is 5.97 Å². The predicted molar refractivity (Wildman–Crippen MR) is 60.2 cm³/mol. The second kappa shape index (κ2) is 4.21. The zero-order chi connectivity index (χ0) is 10.2. The van der Waals surface area contributed by atoms with Crippen LogP contribution in [0.5, 0.6) is 0 Å². The largest absolute Gasteiger partial charge is 0.480 e. The van der Waals surface area contributed by atoms with E-state index in [-0.39, 0.29) is 17.8 Å². The fraction of sp³-hybridized carbons (Fsp3) is 0.364. The van der Waals surface area contributed by atoms with Crippen molar-refractivity contribution in [3.63, 3.8) is 0 Å². The molecule has 1 atom stereocenters. The van der Waals surface area contributed by atoms with Crippen LogP contribution in [0.2, 0.25) is 0 Å². The molecule has 3 nitrogen and oxygen atoms in total. The number of aliphatic carboxylic acids is 1. The molecule has 0 spiro atoms. The van der Waals surface area contributed by atoms with Crippen LogP contribution in [0, 0.1) is 0 Å². The molecule has 0 aromatic heterocycles. The van der Waals surface area contributed by atoms with Crippen molar-refractivity contribution in [1.82, 2.24) is 0 Å². The van der Waals surface area contributed by atoms with Crippen LogP contribution >= 0.6 is 12.4 Å². The van der Waals surface area contributed by atoms with Gasteiger partial charge in [-0.05, 0) is 18.4 Å². The number of carboxylic acid groups (broad SMARTS) is 1. The quantitative estimate of drug-likeness (QED) is 0.824. The Bertz CT molecular complexity index is 349. The van der Waals surface area contributed by atoms with Crippen molar-refractivity contribution in [1.29, 1.82) is 0 Å². The van der Waals surface area contributed by atoms with Crippen LogP contribution in [0.15, 0.2) is 30.3 Å². The molecule has 0 heterocycles. The summed E-state index contributed by atoms with van der Waals surface area (Å²) in [6.07, 6.45) is 1.76. The van der Waals surface area contributed by atoms with Crippen LogP contribution in [0.3, 0.4) is 0 Å². The lowest BCUT2D eigenvalue weighted by Crippen LogP contribution is -2.41. The van der Waals surface area contributed by atoms with Crippen molar-refractivity contribution in [2.24, 2.45) is 5.73 Å². The molecule has 0 bridgehead atoms. The van der Waals surface area contributed by atoms with Crippen molar-refractivity contribution in [2.45, 2.75) is 24.3 Å². The van der Waals surface area contributed by atoms with Gasteiger partial charge in [-0.1, -0.05) is 30.3 Å². The van der Waals surface area contributed by atoms with Crippen LogP contribution in [-0.4, -0.2) is 17.1 Å². The summed E-state index contributed by atoms with van der Waals surface area (Å²) in [4.78, 5) is 10.8. The molecule has 3 N–H and O–H groups in total. The zero-order valence-corrected chi connectivity index (χ0v) is 9.04. The lowest BCUT2D eigenvalue weighted by atomic mass is 9.88. The van der Waals surface area contributed by atoms with E-state index in [0.29, 0.717) is 0 Å². The van der Waals surface area contributed by atoms with Crippen LogP contribution in [0.1, 0.15) is 18.4 Å². The van der Waals surface area contributed by atoms with Gasteiger partial charge in [0.15, 0.2) is 0 Å². The molecule has 0 amide bonds. The van der Waals surface area contributed by atoms with Crippen molar-refractivity contribution >= 4 is 18.4 Å². The molecule has 1 saturated carbocycles. The molecule has 1 aliphatic carbocycles. The molecule has 0 saturated heterocycles. The van der Waals surface area contributed by atoms with E-state index in [1.807, 2.05) is 30.3 Å². The molecule has 1 unspecified atom stereocenters. The fourth-order valence-electron chi connectivity index (χ4n) is 1.92. The molecule has 15 heavy (non-hydrogen) atoms. The maximum atomic E-state index is 10.8. The lowest BCUT2D eigenvalue weighted by molar-refractivity contribution is -0.139. The number of carboxylic acids is 1. The van der Waals surface area contributed by atoms with Crippen LogP contribution in [0.25, 0.3) is 0 Å². The Balaban J connectivity index is 0.00000112. The molecule has 82 valence electrons. The van der Waals surface area contributed by atoms with E-state index < -0.39 is 12.0 Å². The van der Waals surface area contributed by atoms with Gasteiger partial charge in [0.05, 0.1) is 0 Å². The highest BCUT2D eigenvalue weighted by Crippen LogP contribution is 2.50. The smallest absolute Gasteiger partial charge is 0.321 e. The van der Waals surface area contributed by atoms with Gasteiger partial charge in [-0.25, -0.2) is 0 Å². The summed E-state index contributed by atoms with van der Waals surface area (Å²) in [6, 6.07) is 8.90. The van der Waals surface area contributed by atoms with E-state index >= 15 is 0 Å². The van der Waals surface area contributed by atoms with E-state index in [0.717, 1.165) is 18.4 Å². The molecule has 1 aliphatic rings. The minimum Gasteiger partial charge on any atom is -0.480 e.